The van der Waals surface area contributed by atoms with E-state index in [0.29, 0.717) is 5.92 Å². The molecule has 2 heterocycles. The summed E-state index contributed by atoms with van der Waals surface area (Å²) in [7, 11) is 0. The number of likely N-dealkylation sites (tertiary alicyclic amines) is 1. The summed E-state index contributed by atoms with van der Waals surface area (Å²) in [5, 5.41) is 4.15. The van der Waals surface area contributed by atoms with E-state index in [-0.39, 0.29) is 6.04 Å². The summed E-state index contributed by atoms with van der Waals surface area (Å²) in [6.07, 6.45) is 0. The zero-order valence-corrected chi connectivity index (χ0v) is 11.1. The fourth-order valence-corrected chi connectivity index (χ4v) is 2.58. The molecule has 3 rings (SSSR count). The second kappa shape index (κ2) is 5.15. The molecule has 0 aliphatic carbocycles. The monoisotopic (exact) mass is 257 g/mol. The molecule has 2 unspecified atom stereocenters. The second-order valence-electron chi connectivity index (χ2n) is 5.38. The Morgan fingerprint density at radius 1 is 1.32 bits per heavy atom. The first-order valence-electron chi connectivity index (χ1n) is 6.71. The third-order valence-electron chi connectivity index (χ3n) is 3.75. The molecule has 0 amide bonds. The van der Waals surface area contributed by atoms with Crippen LogP contribution >= 0.6 is 0 Å². The van der Waals surface area contributed by atoms with Crippen LogP contribution < -0.4 is 5.73 Å². The van der Waals surface area contributed by atoms with Crippen molar-refractivity contribution in [3.05, 3.63) is 42.1 Å². The molecule has 4 heteroatoms. The van der Waals surface area contributed by atoms with Crippen LogP contribution in [0.25, 0.3) is 11.3 Å². The van der Waals surface area contributed by atoms with Crippen LogP contribution in [0.15, 0.2) is 40.9 Å². The van der Waals surface area contributed by atoms with Crippen LogP contribution in [-0.4, -0.2) is 29.2 Å². The molecule has 19 heavy (non-hydrogen) atoms. The molecule has 1 saturated heterocycles. The van der Waals surface area contributed by atoms with Gasteiger partial charge in [0.1, 0.15) is 0 Å². The summed E-state index contributed by atoms with van der Waals surface area (Å²) in [6, 6.07) is 12.3. The van der Waals surface area contributed by atoms with Gasteiger partial charge in [0.15, 0.2) is 5.76 Å². The van der Waals surface area contributed by atoms with Crippen molar-refractivity contribution >= 4 is 0 Å². The second-order valence-corrected chi connectivity index (χ2v) is 5.38. The Labute approximate surface area is 113 Å². The number of hydrogen-bond donors (Lipinski definition) is 1. The van der Waals surface area contributed by atoms with Gasteiger partial charge in [0.2, 0.25) is 0 Å². The van der Waals surface area contributed by atoms with Crippen molar-refractivity contribution < 1.29 is 4.52 Å². The molecule has 1 fully saturated rings. The fraction of sp³-hybridized carbons (Fsp3) is 0.400. The molecule has 1 aromatic heterocycles. The molecule has 0 bridgehead atoms. The maximum atomic E-state index is 6.03. The van der Waals surface area contributed by atoms with Gasteiger partial charge < -0.3 is 10.3 Å². The van der Waals surface area contributed by atoms with E-state index in [1.54, 1.807) is 0 Å². The molecule has 1 aliphatic heterocycles. The number of aromatic nitrogens is 1. The molecular formula is C15H19N3O. The van der Waals surface area contributed by atoms with Crippen LogP contribution in [0.3, 0.4) is 0 Å². The van der Waals surface area contributed by atoms with Crippen LogP contribution in [0.5, 0.6) is 0 Å². The summed E-state index contributed by atoms with van der Waals surface area (Å²) in [5.41, 5.74) is 8.07. The Hall–Kier alpha value is -1.65. The molecule has 0 saturated carbocycles. The third kappa shape index (κ3) is 2.69. The first-order valence-corrected chi connectivity index (χ1v) is 6.71. The van der Waals surface area contributed by atoms with Gasteiger partial charge >= 0.3 is 0 Å². The number of rotatable bonds is 3. The first-order chi connectivity index (χ1) is 9.22. The number of hydrogen-bond acceptors (Lipinski definition) is 4. The molecule has 2 atom stereocenters. The van der Waals surface area contributed by atoms with E-state index in [1.807, 2.05) is 36.4 Å². The Morgan fingerprint density at radius 3 is 2.79 bits per heavy atom. The van der Waals surface area contributed by atoms with Crippen LogP contribution in [0.1, 0.15) is 12.6 Å². The van der Waals surface area contributed by atoms with Crippen LogP contribution in [0, 0.1) is 5.92 Å². The van der Waals surface area contributed by atoms with Gasteiger partial charge in [0, 0.05) is 37.3 Å². The number of benzene rings is 1. The lowest BCUT2D eigenvalue weighted by Crippen LogP contribution is -2.28. The minimum absolute atomic E-state index is 0.278. The fourth-order valence-electron chi connectivity index (χ4n) is 2.58. The lowest BCUT2D eigenvalue weighted by molar-refractivity contribution is 0.304. The van der Waals surface area contributed by atoms with E-state index in [9.17, 15) is 0 Å². The minimum atomic E-state index is 0.278. The van der Waals surface area contributed by atoms with E-state index < -0.39 is 0 Å². The summed E-state index contributed by atoms with van der Waals surface area (Å²) in [6.45, 7) is 4.99. The average molecular weight is 257 g/mol. The topological polar surface area (TPSA) is 55.3 Å². The predicted octanol–water partition coefficient (Wildman–Crippen LogP) is 2.12. The van der Waals surface area contributed by atoms with Crippen molar-refractivity contribution in [2.45, 2.75) is 19.5 Å². The summed E-state index contributed by atoms with van der Waals surface area (Å²) < 4.78 is 5.41. The maximum absolute atomic E-state index is 6.03. The minimum Gasteiger partial charge on any atom is -0.356 e. The molecule has 2 aromatic rings. The molecule has 4 nitrogen and oxygen atoms in total. The summed E-state index contributed by atoms with van der Waals surface area (Å²) >= 11 is 0. The van der Waals surface area contributed by atoms with Crippen LogP contribution in [0.4, 0.5) is 0 Å². The lowest BCUT2D eigenvalue weighted by atomic mass is 10.1. The third-order valence-corrected chi connectivity index (χ3v) is 3.75. The molecule has 1 aromatic carbocycles. The van der Waals surface area contributed by atoms with Gasteiger partial charge in [-0.3, -0.25) is 4.90 Å². The molecule has 0 radical (unpaired) electrons. The van der Waals surface area contributed by atoms with Gasteiger partial charge in [0.05, 0.1) is 5.69 Å². The van der Waals surface area contributed by atoms with Gasteiger partial charge in [-0.15, -0.1) is 0 Å². The van der Waals surface area contributed by atoms with Crippen molar-refractivity contribution in [2.24, 2.45) is 11.7 Å². The van der Waals surface area contributed by atoms with E-state index >= 15 is 0 Å². The van der Waals surface area contributed by atoms with E-state index in [0.717, 1.165) is 36.7 Å². The van der Waals surface area contributed by atoms with E-state index in [1.165, 1.54) is 0 Å². The molecule has 1 aliphatic rings. The molecule has 2 N–H and O–H groups in total. The van der Waals surface area contributed by atoms with Gasteiger partial charge in [-0.2, -0.15) is 0 Å². The van der Waals surface area contributed by atoms with Gasteiger partial charge in [0.25, 0.3) is 0 Å². The van der Waals surface area contributed by atoms with E-state index in [4.69, 9.17) is 10.3 Å². The van der Waals surface area contributed by atoms with Crippen molar-refractivity contribution in [1.29, 1.82) is 0 Å². The molecule has 100 valence electrons. The highest BCUT2D eigenvalue weighted by Crippen LogP contribution is 2.22. The van der Waals surface area contributed by atoms with E-state index in [2.05, 4.69) is 17.0 Å². The van der Waals surface area contributed by atoms with Gasteiger partial charge in [-0.05, 0) is 5.92 Å². The van der Waals surface area contributed by atoms with Gasteiger partial charge in [-0.1, -0.05) is 42.4 Å². The lowest BCUT2D eigenvalue weighted by Gasteiger charge is -2.12. The Bertz CT molecular complexity index is 527. The highest BCUT2D eigenvalue weighted by Gasteiger charge is 2.27. The Balaban J connectivity index is 1.69. The molecule has 0 spiro atoms. The van der Waals surface area contributed by atoms with Crippen LogP contribution in [-0.2, 0) is 6.54 Å². The van der Waals surface area contributed by atoms with Crippen molar-refractivity contribution in [1.82, 2.24) is 10.1 Å². The first kappa shape index (κ1) is 12.4. The predicted molar refractivity (Wildman–Crippen MR) is 74.4 cm³/mol. The standard InChI is InChI=1S/C15H19N3O/c1-11-8-18(10-14(11)16)9-13-7-15(19-17-13)12-5-3-2-4-6-12/h2-7,11,14H,8-10,16H2,1H3. The average Bonchev–Trinajstić information content (AvgIpc) is 2.99. The normalized spacial score (nSPS) is 23.9. The highest BCUT2D eigenvalue weighted by atomic mass is 16.5. The van der Waals surface area contributed by atoms with Crippen molar-refractivity contribution in [3.8, 4) is 11.3 Å². The summed E-state index contributed by atoms with van der Waals surface area (Å²) in [4.78, 5) is 2.34. The number of nitrogens with two attached hydrogens (primary N) is 1. The Morgan fingerprint density at radius 2 is 2.11 bits per heavy atom. The highest BCUT2D eigenvalue weighted by molar-refractivity contribution is 5.56. The largest absolute Gasteiger partial charge is 0.356 e. The maximum Gasteiger partial charge on any atom is 0.167 e. The SMILES string of the molecule is CC1CN(Cc2cc(-c3ccccc3)on2)CC1N. The molecular weight excluding hydrogens is 238 g/mol. The van der Waals surface area contributed by atoms with Gasteiger partial charge in [-0.25, -0.2) is 0 Å². The smallest absolute Gasteiger partial charge is 0.167 e. The number of nitrogens with zero attached hydrogens (tertiary/aromatic N) is 2. The zero-order valence-electron chi connectivity index (χ0n) is 11.1. The van der Waals surface area contributed by atoms with Crippen molar-refractivity contribution in [2.75, 3.05) is 13.1 Å². The van der Waals surface area contributed by atoms with Crippen LogP contribution in [0.2, 0.25) is 0 Å². The Kier molecular flexibility index (Phi) is 3.36. The quantitative estimate of drug-likeness (QED) is 0.915. The zero-order chi connectivity index (χ0) is 13.2. The van der Waals surface area contributed by atoms with Crippen molar-refractivity contribution in [3.63, 3.8) is 0 Å². The summed E-state index contributed by atoms with van der Waals surface area (Å²) in [5.74, 6) is 1.38.